The van der Waals surface area contributed by atoms with Gasteiger partial charge in [-0.25, -0.2) is 9.97 Å². The Morgan fingerprint density at radius 3 is 1.65 bits per heavy atom. The Morgan fingerprint density at radius 2 is 1.26 bits per heavy atom. The molecule has 4 rings (SSSR count). The minimum absolute atomic E-state index is 0. The number of nitrogens with one attached hydrogen (secondary N) is 2. The largest absolute Gasteiger partial charge is 0.311 e. The summed E-state index contributed by atoms with van der Waals surface area (Å²) < 4.78 is 0. The van der Waals surface area contributed by atoms with Gasteiger partial charge in [0, 0.05) is 39.3 Å². The monoisotopic (exact) mass is 431 g/mol. The molecule has 4 heterocycles. The van der Waals surface area contributed by atoms with Crippen molar-refractivity contribution in [2.45, 2.75) is 0 Å². The number of aromatic nitrogens is 2. The second kappa shape index (κ2) is 8.00. The summed E-state index contributed by atoms with van der Waals surface area (Å²) in [6.45, 7) is 1.77. The second-order valence-corrected chi connectivity index (χ2v) is 8.28. The maximum Gasteiger partial charge on any atom is 0.189 e. The molecular formula is C12H12CuN6S4. The second-order valence-electron chi connectivity index (χ2n) is 4.40. The van der Waals surface area contributed by atoms with E-state index in [1.165, 1.54) is 0 Å². The average Bonchev–Trinajstić information content (AvgIpc) is 3.27. The van der Waals surface area contributed by atoms with E-state index in [1.54, 1.807) is 46.2 Å². The molecule has 0 aliphatic carbocycles. The number of rotatable bonds is 3. The first kappa shape index (κ1) is 17.2. The van der Waals surface area contributed by atoms with E-state index >= 15 is 0 Å². The molecule has 11 heteroatoms. The van der Waals surface area contributed by atoms with E-state index in [4.69, 9.17) is 0 Å². The molecule has 0 bridgehead atoms. The van der Waals surface area contributed by atoms with Crippen LogP contribution in [0.25, 0.3) is 11.4 Å². The standard InChI is InChI=1S/C12H12N6S4.Cu/c1-3-19-9(13-1)17-11-15-7(5-21-11)8-6-22-12(16-8)18-10-14-2-4-20-10;/h5-6H,1-4H2,(H,13,15,17)(H,14,16,18);. The van der Waals surface area contributed by atoms with Crippen molar-refractivity contribution in [1.82, 2.24) is 9.97 Å². The zero-order valence-electron chi connectivity index (χ0n) is 11.7. The third-order valence-corrected chi connectivity index (χ3v) is 6.17. The van der Waals surface area contributed by atoms with Gasteiger partial charge >= 0.3 is 0 Å². The van der Waals surface area contributed by atoms with Crippen LogP contribution in [0.5, 0.6) is 0 Å². The van der Waals surface area contributed by atoms with Gasteiger partial charge in [0.05, 0.1) is 13.1 Å². The quantitative estimate of drug-likeness (QED) is 0.726. The van der Waals surface area contributed by atoms with Crippen LogP contribution in [0.3, 0.4) is 0 Å². The van der Waals surface area contributed by atoms with E-state index in [9.17, 15) is 0 Å². The number of thioether (sulfide) groups is 2. The van der Waals surface area contributed by atoms with Gasteiger partial charge < -0.3 is 10.6 Å². The van der Waals surface area contributed by atoms with Crippen molar-refractivity contribution in [2.24, 2.45) is 9.98 Å². The molecule has 0 fully saturated rings. The summed E-state index contributed by atoms with van der Waals surface area (Å²) in [6.07, 6.45) is 0. The molecule has 0 spiro atoms. The van der Waals surface area contributed by atoms with E-state index in [2.05, 4.69) is 30.6 Å². The van der Waals surface area contributed by atoms with E-state index in [-0.39, 0.29) is 17.1 Å². The van der Waals surface area contributed by atoms with Crippen LogP contribution in [0, 0.1) is 0 Å². The molecule has 2 aromatic rings. The Labute approximate surface area is 160 Å². The molecule has 2 aromatic heterocycles. The fourth-order valence-corrected chi connectivity index (χ4v) is 4.89. The van der Waals surface area contributed by atoms with Crippen LogP contribution in [0.4, 0.5) is 10.3 Å². The normalized spacial score (nSPS) is 16.7. The smallest absolute Gasteiger partial charge is 0.189 e. The van der Waals surface area contributed by atoms with Gasteiger partial charge in [0.25, 0.3) is 0 Å². The topological polar surface area (TPSA) is 74.6 Å². The maximum atomic E-state index is 4.58. The molecule has 6 nitrogen and oxygen atoms in total. The van der Waals surface area contributed by atoms with E-state index in [0.29, 0.717) is 0 Å². The summed E-state index contributed by atoms with van der Waals surface area (Å²) in [6, 6.07) is 0. The molecule has 0 amide bonds. The van der Waals surface area contributed by atoms with Crippen LogP contribution < -0.4 is 10.6 Å². The summed E-state index contributed by atoms with van der Waals surface area (Å²) in [5.74, 6) is 2.09. The predicted octanol–water partition coefficient (Wildman–Crippen LogP) is 3.29. The van der Waals surface area contributed by atoms with Crippen LogP contribution in [0.15, 0.2) is 20.7 Å². The van der Waals surface area contributed by atoms with Gasteiger partial charge in [0.2, 0.25) is 0 Å². The van der Waals surface area contributed by atoms with Crippen molar-refractivity contribution in [3.05, 3.63) is 10.8 Å². The fraction of sp³-hybridized carbons (Fsp3) is 0.333. The van der Waals surface area contributed by atoms with Gasteiger partial charge in [-0.05, 0) is 0 Å². The molecule has 0 atom stereocenters. The number of hydrogen-bond acceptors (Lipinski definition) is 10. The molecule has 2 N–H and O–H groups in total. The number of hydrogen-bond donors (Lipinski definition) is 2. The van der Waals surface area contributed by atoms with Crippen molar-refractivity contribution < 1.29 is 17.1 Å². The number of amidine groups is 2. The third kappa shape index (κ3) is 4.28. The maximum absolute atomic E-state index is 4.58. The first-order valence-electron chi connectivity index (χ1n) is 6.67. The molecule has 0 saturated heterocycles. The Balaban J connectivity index is 0.00000156. The number of aliphatic imine (C=N–C) groups is 2. The van der Waals surface area contributed by atoms with Gasteiger partial charge in [0.15, 0.2) is 20.6 Å². The van der Waals surface area contributed by atoms with Gasteiger partial charge in [-0.2, -0.15) is 0 Å². The molecule has 2 aliphatic rings. The van der Waals surface area contributed by atoms with Crippen molar-refractivity contribution in [2.75, 3.05) is 35.2 Å². The van der Waals surface area contributed by atoms with Crippen LogP contribution in [-0.4, -0.2) is 44.9 Å². The molecule has 0 saturated carbocycles. The van der Waals surface area contributed by atoms with Crippen LogP contribution >= 0.6 is 46.2 Å². The predicted molar refractivity (Wildman–Crippen MR) is 100.0 cm³/mol. The summed E-state index contributed by atoms with van der Waals surface area (Å²) in [4.78, 5) is 17.9. The van der Waals surface area contributed by atoms with Crippen LogP contribution in [0.2, 0.25) is 0 Å². The molecule has 23 heavy (non-hydrogen) atoms. The summed E-state index contributed by atoms with van der Waals surface area (Å²) in [5.41, 5.74) is 1.78. The summed E-state index contributed by atoms with van der Waals surface area (Å²) >= 11 is 6.61. The summed E-state index contributed by atoms with van der Waals surface area (Å²) in [5, 5.41) is 14.2. The average molecular weight is 432 g/mol. The Bertz CT molecular complexity index is 677. The number of thiazole rings is 2. The van der Waals surface area contributed by atoms with Gasteiger partial charge in [0.1, 0.15) is 11.4 Å². The third-order valence-electron chi connectivity index (χ3n) is 2.87. The first-order valence-corrected chi connectivity index (χ1v) is 10.4. The minimum atomic E-state index is 0. The summed E-state index contributed by atoms with van der Waals surface area (Å²) in [7, 11) is 0. The van der Waals surface area contributed by atoms with Gasteiger partial charge in [-0.1, -0.05) is 23.5 Å². The van der Waals surface area contributed by atoms with Crippen molar-refractivity contribution >= 4 is 66.8 Å². The van der Waals surface area contributed by atoms with E-state index in [1.807, 2.05) is 10.8 Å². The Kier molecular flexibility index (Phi) is 6.00. The SMILES string of the molecule is [Cu].c1sc(NC2=NCCS2)nc1-c1csc(NC2=NCCS2)n1. The molecule has 125 valence electrons. The van der Waals surface area contributed by atoms with E-state index in [0.717, 1.165) is 56.6 Å². The Morgan fingerprint density at radius 1 is 0.783 bits per heavy atom. The number of nitrogens with zero attached hydrogens (tertiary/aromatic N) is 4. The minimum Gasteiger partial charge on any atom is -0.311 e. The van der Waals surface area contributed by atoms with Crippen LogP contribution in [0.1, 0.15) is 0 Å². The zero-order valence-corrected chi connectivity index (χ0v) is 15.9. The first-order chi connectivity index (χ1) is 10.9. The van der Waals surface area contributed by atoms with Gasteiger partial charge in [-0.15, -0.1) is 22.7 Å². The van der Waals surface area contributed by atoms with Crippen molar-refractivity contribution in [3.8, 4) is 11.4 Å². The molecule has 1 radical (unpaired) electrons. The molecular weight excluding hydrogens is 420 g/mol. The molecule has 0 unspecified atom stereocenters. The molecule has 2 aliphatic heterocycles. The van der Waals surface area contributed by atoms with Crippen molar-refractivity contribution in [3.63, 3.8) is 0 Å². The van der Waals surface area contributed by atoms with Crippen LogP contribution in [-0.2, 0) is 17.1 Å². The number of anilines is 2. The zero-order chi connectivity index (χ0) is 14.8. The van der Waals surface area contributed by atoms with Gasteiger partial charge in [-0.3, -0.25) is 9.98 Å². The Hall–Kier alpha value is -0.581. The van der Waals surface area contributed by atoms with E-state index < -0.39 is 0 Å². The molecule has 0 aromatic carbocycles. The fourth-order valence-electron chi connectivity index (χ4n) is 1.90. The van der Waals surface area contributed by atoms with Crippen molar-refractivity contribution in [1.29, 1.82) is 0 Å².